The van der Waals surface area contributed by atoms with Crippen molar-refractivity contribution < 1.29 is 4.52 Å². The van der Waals surface area contributed by atoms with E-state index in [2.05, 4.69) is 40.6 Å². The van der Waals surface area contributed by atoms with E-state index in [1.54, 1.807) is 0 Å². The van der Waals surface area contributed by atoms with Crippen molar-refractivity contribution in [1.29, 1.82) is 0 Å². The first kappa shape index (κ1) is 12.4. The molecule has 0 spiro atoms. The summed E-state index contributed by atoms with van der Waals surface area (Å²) in [5, 5.41) is 7.51. The lowest BCUT2D eigenvalue weighted by molar-refractivity contribution is 0.386. The summed E-state index contributed by atoms with van der Waals surface area (Å²) >= 11 is 0. The SMILES string of the molecule is Cc1ccc2c(c1)C(NCCc1noc(C)n1)CC2. The molecule has 100 valence electrons. The molecule has 0 amide bonds. The number of hydrogen-bond donors (Lipinski definition) is 1. The predicted molar refractivity (Wildman–Crippen MR) is 73.0 cm³/mol. The second-order valence-corrected chi connectivity index (χ2v) is 5.23. The monoisotopic (exact) mass is 257 g/mol. The van der Waals surface area contributed by atoms with Gasteiger partial charge in [-0.2, -0.15) is 4.98 Å². The molecule has 0 saturated carbocycles. The van der Waals surface area contributed by atoms with E-state index in [1.807, 2.05) is 6.92 Å². The van der Waals surface area contributed by atoms with Gasteiger partial charge in [-0.25, -0.2) is 0 Å². The lowest BCUT2D eigenvalue weighted by Crippen LogP contribution is -2.22. The molecule has 0 saturated heterocycles. The molecule has 4 nitrogen and oxygen atoms in total. The molecular formula is C15H19N3O. The molecule has 0 radical (unpaired) electrons. The Morgan fingerprint density at radius 1 is 1.37 bits per heavy atom. The lowest BCUT2D eigenvalue weighted by Gasteiger charge is -2.13. The van der Waals surface area contributed by atoms with Crippen LogP contribution in [0.4, 0.5) is 0 Å². The van der Waals surface area contributed by atoms with Gasteiger partial charge in [0.2, 0.25) is 5.89 Å². The molecule has 1 aromatic carbocycles. The highest BCUT2D eigenvalue weighted by atomic mass is 16.5. The van der Waals surface area contributed by atoms with Crippen LogP contribution in [0.1, 0.15) is 40.9 Å². The molecule has 2 aromatic rings. The summed E-state index contributed by atoms with van der Waals surface area (Å²) in [4.78, 5) is 4.22. The van der Waals surface area contributed by atoms with E-state index in [9.17, 15) is 0 Å². The highest BCUT2D eigenvalue weighted by molar-refractivity contribution is 5.37. The first-order valence-corrected chi connectivity index (χ1v) is 6.84. The van der Waals surface area contributed by atoms with Gasteiger partial charge in [-0.15, -0.1) is 0 Å². The average Bonchev–Trinajstić information content (AvgIpc) is 2.97. The van der Waals surface area contributed by atoms with Crippen molar-refractivity contribution in [2.75, 3.05) is 6.54 Å². The van der Waals surface area contributed by atoms with Crippen LogP contribution in [-0.2, 0) is 12.8 Å². The van der Waals surface area contributed by atoms with Crippen molar-refractivity contribution in [3.05, 3.63) is 46.6 Å². The number of rotatable bonds is 4. The Morgan fingerprint density at radius 3 is 3.05 bits per heavy atom. The van der Waals surface area contributed by atoms with Crippen molar-refractivity contribution in [2.24, 2.45) is 0 Å². The van der Waals surface area contributed by atoms with Crippen LogP contribution in [0.5, 0.6) is 0 Å². The van der Waals surface area contributed by atoms with Gasteiger partial charge in [-0.3, -0.25) is 0 Å². The number of hydrogen-bond acceptors (Lipinski definition) is 4. The molecule has 1 heterocycles. The fourth-order valence-electron chi connectivity index (χ4n) is 2.73. The van der Waals surface area contributed by atoms with Crippen molar-refractivity contribution in [3.8, 4) is 0 Å². The molecule has 1 unspecified atom stereocenters. The molecule has 1 atom stereocenters. The van der Waals surface area contributed by atoms with Gasteiger partial charge in [-0.1, -0.05) is 28.9 Å². The summed E-state index contributed by atoms with van der Waals surface area (Å²) in [6.07, 6.45) is 3.17. The lowest BCUT2D eigenvalue weighted by atomic mass is 10.1. The summed E-state index contributed by atoms with van der Waals surface area (Å²) in [6, 6.07) is 7.24. The van der Waals surface area contributed by atoms with Crippen LogP contribution in [0.2, 0.25) is 0 Å². The highest BCUT2D eigenvalue weighted by Gasteiger charge is 2.21. The quantitative estimate of drug-likeness (QED) is 0.914. The number of aromatic nitrogens is 2. The smallest absolute Gasteiger partial charge is 0.223 e. The normalized spacial score (nSPS) is 17.7. The third-order valence-electron chi connectivity index (χ3n) is 3.69. The number of benzene rings is 1. The van der Waals surface area contributed by atoms with E-state index < -0.39 is 0 Å². The molecule has 4 heteroatoms. The predicted octanol–water partition coefficient (Wildman–Crippen LogP) is 2.51. The van der Waals surface area contributed by atoms with Gasteiger partial charge in [0.25, 0.3) is 0 Å². The van der Waals surface area contributed by atoms with Crippen LogP contribution >= 0.6 is 0 Å². The molecule has 1 aliphatic rings. The Hall–Kier alpha value is -1.68. The number of aryl methyl sites for hydroxylation is 3. The van der Waals surface area contributed by atoms with Crippen LogP contribution in [0, 0.1) is 13.8 Å². The summed E-state index contributed by atoms with van der Waals surface area (Å²) in [6.45, 7) is 4.86. The van der Waals surface area contributed by atoms with Gasteiger partial charge in [0, 0.05) is 25.9 Å². The number of fused-ring (bicyclic) bond motifs is 1. The molecular weight excluding hydrogens is 238 g/mol. The molecule has 3 rings (SSSR count). The van der Waals surface area contributed by atoms with Gasteiger partial charge in [0.15, 0.2) is 5.82 Å². The van der Waals surface area contributed by atoms with Crippen LogP contribution in [0.25, 0.3) is 0 Å². The largest absolute Gasteiger partial charge is 0.340 e. The van der Waals surface area contributed by atoms with Gasteiger partial charge < -0.3 is 9.84 Å². The standard InChI is InChI=1S/C15H19N3O/c1-10-3-4-12-5-6-14(13(12)9-10)16-8-7-15-17-11(2)19-18-15/h3-4,9,14,16H,5-8H2,1-2H3. The second-order valence-electron chi connectivity index (χ2n) is 5.23. The van der Waals surface area contributed by atoms with E-state index in [0.717, 1.165) is 18.8 Å². The van der Waals surface area contributed by atoms with Gasteiger partial charge in [-0.05, 0) is 30.9 Å². The van der Waals surface area contributed by atoms with Crippen molar-refractivity contribution in [3.63, 3.8) is 0 Å². The fourth-order valence-corrected chi connectivity index (χ4v) is 2.73. The summed E-state index contributed by atoms with van der Waals surface area (Å²) in [7, 11) is 0. The van der Waals surface area contributed by atoms with E-state index in [-0.39, 0.29) is 0 Å². The van der Waals surface area contributed by atoms with Gasteiger partial charge in [0.05, 0.1) is 0 Å². The molecule has 1 aliphatic carbocycles. The van der Waals surface area contributed by atoms with E-state index in [1.165, 1.54) is 29.5 Å². The maximum atomic E-state index is 4.97. The Morgan fingerprint density at radius 2 is 2.26 bits per heavy atom. The molecule has 0 aliphatic heterocycles. The average molecular weight is 257 g/mol. The van der Waals surface area contributed by atoms with E-state index in [4.69, 9.17) is 4.52 Å². The minimum atomic E-state index is 0.475. The second kappa shape index (κ2) is 5.13. The Labute approximate surface area is 113 Å². The Kier molecular flexibility index (Phi) is 3.34. The summed E-state index contributed by atoms with van der Waals surface area (Å²) in [5.74, 6) is 1.42. The van der Waals surface area contributed by atoms with Crippen molar-refractivity contribution in [2.45, 2.75) is 39.2 Å². The van der Waals surface area contributed by atoms with Crippen LogP contribution in [0.3, 0.4) is 0 Å². The van der Waals surface area contributed by atoms with Gasteiger partial charge in [0.1, 0.15) is 0 Å². The Bertz CT molecular complexity index is 577. The zero-order valence-electron chi connectivity index (χ0n) is 11.4. The first-order chi connectivity index (χ1) is 9.22. The third kappa shape index (κ3) is 2.68. The topological polar surface area (TPSA) is 51.0 Å². The molecule has 1 aromatic heterocycles. The number of nitrogens with one attached hydrogen (secondary N) is 1. The molecule has 0 fully saturated rings. The molecule has 1 N–H and O–H groups in total. The molecule has 0 bridgehead atoms. The molecule has 19 heavy (non-hydrogen) atoms. The highest BCUT2D eigenvalue weighted by Crippen LogP contribution is 2.31. The van der Waals surface area contributed by atoms with Gasteiger partial charge >= 0.3 is 0 Å². The van der Waals surface area contributed by atoms with Crippen LogP contribution in [0.15, 0.2) is 22.7 Å². The van der Waals surface area contributed by atoms with Crippen LogP contribution in [-0.4, -0.2) is 16.7 Å². The summed E-state index contributed by atoms with van der Waals surface area (Å²) in [5.41, 5.74) is 4.28. The minimum Gasteiger partial charge on any atom is -0.340 e. The first-order valence-electron chi connectivity index (χ1n) is 6.84. The minimum absolute atomic E-state index is 0.475. The zero-order valence-corrected chi connectivity index (χ0v) is 11.4. The van der Waals surface area contributed by atoms with Crippen molar-refractivity contribution >= 4 is 0 Å². The maximum Gasteiger partial charge on any atom is 0.223 e. The number of nitrogens with zero attached hydrogens (tertiary/aromatic N) is 2. The van der Waals surface area contributed by atoms with Crippen LogP contribution < -0.4 is 5.32 Å². The summed E-state index contributed by atoms with van der Waals surface area (Å²) < 4.78 is 4.97. The maximum absolute atomic E-state index is 4.97. The van der Waals surface area contributed by atoms with E-state index in [0.29, 0.717) is 11.9 Å². The third-order valence-corrected chi connectivity index (χ3v) is 3.69. The fraction of sp³-hybridized carbons (Fsp3) is 0.467. The van der Waals surface area contributed by atoms with E-state index >= 15 is 0 Å². The zero-order chi connectivity index (χ0) is 13.2. The Balaban J connectivity index is 1.59. The van der Waals surface area contributed by atoms with Crippen molar-refractivity contribution in [1.82, 2.24) is 15.5 Å².